The zero-order valence-corrected chi connectivity index (χ0v) is 11.6. The van der Waals surface area contributed by atoms with E-state index in [4.69, 9.17) is 4.74 Å². The van der Waals surface area contributed by atoms with Crippen molar-refractivity contribution in [2.75, 3.05) is 7.05 Å². The number of hydrogen-bond acceptors (Lipinski definition) is 4. The predicted molar refractivity (Wildman–Crippen MR) is 75.4 cm³/mol. The Morgan fingerprint density at radius 2 is 2.11 bits per heavy atom. The molecule has 2 aromatic rings. The van der Waals surface area contributed by atoms with Crippen molar-refractivity contribution in [1.82, 2.24) is 15.3 Å². The zero-order valence-electron chi connectivity index (χ0n) is 11.6. The summed E-state index contributed by atoms with van der Waals surface area (Å²) in [6.45, 7) is 4.85. The number of pyridine rings is 2. The minimum atomic E-state index is 0.605. The molecule has 4 heteroatoms. The van der Waals surface area contributed by atoms with E-state index in [0.29, 0.717) is 5.88 Å². The van der Waals surface area contributed by atoms with Crippen molar-refractivity contribution < 1.29 is 4.74 Å². The number of aryl methyl sites for hydroxylation is 2. The molecular formula is C15H19N3O. The minimum Gasteiger partial charge on any atom is -0.437 e. The lowest BCUT2D eigenvalue weighted by Crippen LogP contribution is -2.05. The van der Waals surface area contributed by atoms with Crippen LogP contribution >= 0.6 is 0 Å². The fraction of sp³-hybridized carbons (Fsp3) is 0.333. The van der Waals surface area contributed by atoms with Gasteiger partial charge in [0.1, 0.15) is 0 Å². The number of nitrogens with one attached hydrogen (secondary N) is 1. The van der Waals surface area contributed by atoms with Gasteiger partial charge in [-0.15, -0.1) is 0 Å². The van der Waals surface area contributed by atoms with Gasteiger partial charge in [0.2, 0.25) is 5.88 Å². The van der Waals surface area contributed by atoms with Crippen LogP contribution in [-0.2, 0) is 13.0 Å². The maximum atomic E-state index is 5.84. The van der Waals surface area contributed by atoms with E-state index in [9.17, 15) is 0 Å². The average Bonchev–Trinajstić information content (AvgIpc) is 2.41. The van der Waals surface area contributed by atoms with Gasteiger partial charge in [-0.2, -0.15) is 0 Å². The molecule has 0 amide bonds. The Morgan fingerprint density at radius 1 is 1.26 bits per heavy atom. The monoisotopic (exact) mass is 257 g/mol. The number of rotatable bonds is 5. The van der Waals surface area contributed by atoms with E-state index in [0.717, 1.165) is 35.7 Å². The Bertz CT molecular complexity index is 555. The quantitative estimate of drug-likeness (QED) is 0.894. The molecule has 0 aliphatic carbocycles. The standard InChI is InChI=1S/C15H19N3O/c1-4-13-14(6-5-11(2)18-13)19-15-9-12(10-16-3)7-8-17-15/h5-9,16H,4,10H2,1-3H3. The van der Waals surface area contributed by atoms with E-state index >= 15 is 0 Å². The molecule has 0 saturated carbocycles. The lowest BCUT2D eigenvalue weighted by atomic mass is 10.2. The van der Waals surface area contributed by atoms with E-state index in [1.165, 1.54) is 0 Å². The molecule has 0 spiro atoms. The summed E-state index contributed by atoms with van der Waals surface area (Å²) in [5, 5.41) is 3.11. The summed E-state index contributed by atoms with van der Waals surface area (Å²) in [6.07, 6.45) is 2.60. The Balaban J connectivity index is 2.23. The second-order valence-corrected chi connectivity index (χ2v) is 4.39. The van der Waals surface area contributed by atoms with Crippen LogP contribution in [0.25, 0.3) is 0 Å². The lowest BCUT2D eigenvalue weighted by molar-refractivity contribution is 0.453. The molecule has 0 unspecified atom stereocenters. The molecule has 19 heavy (non-hydrogen) atoms. The maximum Gasteiger partial charge on any atom is 0.219 e. The highest BCUT2D eigenvalue weighted by molar-refractivity contribution is 5.33. The fourth-order valence-corrected chi connectivity index (χ4v) is 1.88. The predicted octanol–water partition coefficient (Wildman–Crippen LogP) is 2.86. The van der Waals surface area contributed by atoms with Gasteiger partial charge in [0.05, 0.1) is 5.69 Å². The van der Waals surface area contributed by atoms with Crippen molar-refractivity contribution in [2.24, 2.45) is 0 Å². The van der Waals surface area contributed by atoms with Crippen LogP contribution in [0.15, 0.2) is 30.5 Å². The van der Waals surface area contributed by atoms with E-state index in [2.05, 4.69) is 22.2 Å². The molecule has 4 nitrogen and oxygen atoms in total. The topological polar surface area (TPSA) is 47.0 Å². The van der Waals surface area contributed by atoms with Crippen molar-refractivity contribution in [3.05, 3.63) is 47.4 Å². The van der Waals surface area contributed by atoms with Crippen LogP contribution in [-0.4, -0.2) is 17.0 Å². The number of nitrogens with zero attached hydrogens (tertiary/aromatic N) is 2. The molecule has 0 saturated heterocycles. The van der Waals surface area contributed by atoms with Crippen LogP contribution in [0.3, 0.4) is 0 Å². The van der Waals surface area contributed by atoms with Crippen LogP contribution in [0.1, 0.15) is 23.9 Å². The maximum absolute atomic E-state index is 5.84. The van der Waals surface area contributed by atoms with E-state index in [1.54, 1.807) is 6.20 Å². The summed E-state index contributed by atoms with van der Waals surface area (Å²) >= 11 is 0. The summed E-state index contributed by atoms with van der Waals surface area (Å²) < 4.78 is 5.84. The summed E-state index contributed by atoms with van der Waals surface area (Å²) in [4.78, 5) is 8.72. The third-order valence-electron chi connectivity index (χ3n) is 2.80. The van der Waals surface area contributed by atoms with Crippen molar-refractivity contribution in [3.8, 4) is 11.6 Å². The van der Waals surface area contributed by atoms with Gasteiger partial charge in [-0.25, -0.2) is 4.98 Å². The highest BCUT2D eigenvalue weighted by Crippen LogP contribution is 2.23. The molecule has 0 fully saturated rings. The van der Waals surface area contributed by atoms with E-state index in [-0.39, 0.29) is 0 Å². The molecule has 0 atom stereocenters. The van der Waals surface area contributed by atoms with E-state index in [1.807, 2.05) is 38.2 Å². The van der Waals surface area contributed by atoms with Gasteiger partial charge in [0.25, 0.3) is 0 Å². The Labute approximate surface area is 113 Å². The first-order valence-corrected chi connectivity index (χ1v) is 6.47. The summed E-state index contributed by atoms with van der Waals surface area (Å²) in [5.74, 6) is 1.38. The molecule has 0 aromatic carbocycles. The molecular weight excluding hydrogens is 238 g/mol. The van der Waals surface area contributed by atoms with Crippen molar-refractivity contribution in [2.45, 2.75) is 26.8 Å². The van der Waals surface area contributed by atoms with Crippen LogP contribution in [0, 0.1) is 6.92 Å². The molecule has 1 N–H and O–H groups in total. The SMILES string of the molecule is CCc1nc(C)ccc1Oc1cc(CNC)ccn1. The average molecular weight is 257 g/mol. The van der Waals surface area contributed by atoms with Gasteiger partial charge < -0.3 is 10.1 Å². The third-order valence-corrected chi connectivity index (χ3v) is 2.80. The number of hydrogen-bond donors (Lipinski definition) is 1. The van der Waals surface area contributed by atoms with Gasteiger partial charge in [0, 0.05) is 24.5 Å². The third kappa shape index (κ3) is 3.51. The first-order valence-electron chi connectivity index (χ1n) is 6.47. The summed E-state index contributed by atoms with van der Waals surface area (Å²) in [6, 6.07) is 7.81. The molecule has 0 aliphatic rings. The largest absolute Gasteiger partial charge is 0.437 e. The van der Waals surface area contributed by atoms with Crippen molar-refractivity contribution >= 4 is 0 Å². The Hall–Kier alpha value is -1.94. The molecule has 0 radical (unpaired) electrons. The second kappa shape index (κ2) is 6.29. The van der Waals surface area contributed by atoms with Crippen LogP contribution in [0.5, 0.6) is 11.6 Å². The number of ether oxygens (including phenoxy) is 1. The molecule has 2 aromatic heterocycles. The Morgan fingerprint density at radius 3 is 2.84 bits per heavy atom. The first-order chi connectivity index (χ1) is 9.22. The van der Waals surface area contributed by atoms with Crippen molar-refractivity contribution in [1.29, 1.82) is 0 Å². The smallest absolute Gasteiger partial charge is 0.219 e. The number of aromatic nitrogens is 2. The van der Waals surface area contributed by atoms with Crippen LogP contribution < -0.4 is 10.1 Å². The van der Waals surface area contributed by atoms with Gasteiger partial charge >= 0.3 is 0 Å². The first kappa shape index (κ1) is 13.5. The van der Waals surface area contributed by atoms with Crippen LogP contribution in [0.2, 0.25) is 0 Å². The summed E-state index contributed by atoms with van der Waals surface area (Å²) in [5.41, 5.74) is 3.10. The molecule has 0 bridgehead atoms. The molecule has 100 valence electrons. The zero-order chi connectivity index (χ0) is 13.7. The van der Waals surface area contributed by atoms with Gasteiger partial charge in [-0.3, -0.25) is 4.98 Å². The fourth-order valence-electron chi connectivity index (χ4n) is 1.88. The normalized spacial score (nSPS) is 10.5. The lowest BCUT2D eigenvalue weighted by Gasteiger charge is -2.10. The van der Waals surface area contributed by atoms with Crippen LogP contribution in [0.4, 0.5) is 0 Å². The molecule has 2 rings (SSSR count). The summed E-state index contributed by atoms with van der Waals surface area (Å²) in [7, 11) is 1.92. The molecule has 2 heterocycles. The van der Waals surface area contributed by atoms with Gasteiger partial charge in [-0.05, 0) is 44.2 Å². The Kier molecular flexibility index (Phi) is 4.47. The van der Waals surface area contributed by atoms with Crippen molar-refractivity contribution in [3.63, 3.8) is 0 Å². The minimum absolute atomic E-state index is 0.605. The molecule has 0 aliphatic heterocycles. The highest BCUT2D eigenvalue weighted by atomic mass is 16.5. The van der Waals surface area contributed by atoms with Gasteiger partial charge in [0.15, 0.2) is 5.75 Å². The van der Waals surface area contributed by atoms with E-state index < -0.39 is 0 Å². The van der Waals surface area contributed by atoms with Gasteiger partial charge in [-0.1, -0.05) is 6.92 Å². The second-order valence-electron chi connectivity index (χ2n) is 4.39. The highest BCUT2D eigenvalue weighted by Gasteiger charge is 2.06.